The summed E-state index contributed by atoms with van der Waals surface area (Å²) >= 11 is 5.74. The van der Waals surface area contributed by atoms with Crippen molar-refractivity contribution in [2.45, 2.75) is 4.90 Å². The standard InChI is InChI=1S/C12H8ClN3O3S/c13-8-1-4-12(17)11(5-8)16-20(18,19)10-3-2-9(6-14)15-7-10/h1-5,7,16-17H. The summed E-state index contributed by atoms with van der Waals surface area (Å²) in [6.45, 7) is 0. The minimum atomic E-state index is -3.92. The van der Waals surface area contributed by atoms with Gasteiger partial charge in [-0.25, -0.2) is 13.4 Å². The Hall–Kier alpha value is -2.30. The van der Waals surface area contributed by atoms with Crippen LogP contribution in [0.4, 0.5) is 5.69 Å². The maximum atomic E-state index is 12.1. The lowest BCUT2D eigenvalue weighted by Crippen LogP contribution is -2.13. The SMILES string of the molecule is N#Cc1ccc(S(=O)(=O)Nc2cc(Cl)ccc2O)cn1. The van der Waals surface area contributed by atoms with Gasteiger partial charge in [-0.1, -0.05) is 11.6 Å². The van der Waals surface area contributed by atoms with Crippen LogP contribution in [0.2, 0.25) is 5.02 Å². The average molecular weight is 310 g/mol. The van der Waals surface area contributed by atoms with Crippen LogP contribution in [0.5, 0.6) is 5.75 Å². The third-order valence-corrected chi connectivity index (χ3v) is 3.95. The van der Waals surface area contributed by atoms with Crippen LogP contribution in [-0.2, 0) is 10.0 Å². The number of nitrogens with zero attached hydrogens (tertiary/aromatic N) is 2. The van der Waals surface area contributed by atoms with E-state index in [1.54, 1.807) is 6.07 Å². The number of hydrogen-bond donors (Lipinski definition) is 2. The molecule has 2 rings (SSSR count). The van der Waals surface area contributed by atoms with Crippen molar-refractivity contribution in [2.24, 2.45) is 0 Å². The summed E-state index contributed by atoms with van der Waals surface area (Å²) in [5, 5.41) is 18.5. The maximum Gasteiger partial charge on any atom is 0.263 e. The van der Waals surface area contributed by atoms with Crippen molar-refractivity contribution in [1.82, 2.24) is 4.98 Å². The number of benzene rings is 1. The highest BCUT2D eigenvalue weighted by molar-refractivity contribution is 7.92. The number of nitrogens with one attached hydrogen (secondary N) is 1. The van der Waals surface area contributed by atoms with E-state index in [1.165, 1.54) is 30.3 Å². The van der Waals surface area contributed by atoms with Crippen molar-refractivity contribution in [3.05, 3.63) is 47.2 Å². The van der Waals surface area contributed by atoms with E-state index in [1.807, 2.05) is 0 Å². The number of hydrogen-bond acceptors (Lipinski definition) is 5. The normalized spacial score (nSPS) is 10.8. The van der Waals surface area contributed by atoms with Crippen LogP contribution in [0.3, 0.4) is 0 Å². The molecule has 20 heavy (non-hydrogen) atoms. The van der Waals surface area contributed by atoms with Gasteiger partial charge in [-0.3, -0.25) is 4.72 Å². The van der Waals surface area contributed by atoms with Crippen LogP contribution >= 0.6 is 11.6 Å². The smallest absolute Gasteiger partial charge is 0.263 e. The van der Waals surface area contributed by atoms with Gasteiger partial charge in [-0.15, -0.1) is 0 Å². The topological polar surface area (TPSA) is 103 Å². The van der Waals surface area contributed by atoms with Crippen molar-refractivity contribution in [3.63, 3.8) is 0 Å². The lowest BCUT2D eigenvalue weighted by molar-refractivity contribution is 0.477. The molecule has 1 aromatic carbocycles. The Bertz CT molecular complexity index is 783. The first-order valence-corrected chi connectivity index (χ1v) is 7.16. The Morgan fingerprint density at radius 1 is 1.30 bits per heavy atom. The van der Waals surface area contributed by atoms with E-state index in [2.05, 4.69) is 9.71 Å². The number of anilines is 1. The van der Waals surface area contributed by atoms with E-state index < -0.39 is 10.0 Å². The third kappa shape index (κ3) is 2.99. The predicted octanol–water partition coefficient (Wildman–Crippen LogP) is 2.11. The van der Waals surface area contributed by atoms with E-state index in [4.69, 9.17) is 16.9 Å². The fourth-order valence-electron chi connectivity index (χ4n) is 1.40. The summed E-state index contributed by atoms with van der Waals surface area (Å²) in [6.07, 6.45) is 1.06. The molecule has 8 heteroatoms. The Morgan fingerprint density at radius 2 is 2.05 bits per heavy atom. The number of sulfonamides is 1. The van der Waals surface area contributed by atoms with Gasteiger partial charge in [-0.2, -0.15) is 5.26 Å². The summed E-state index contributed by atoms with van der Waals surface area (Å²) in [5.74, 6) is -0.250. The molecule has 0 radical (unpaired) electrons. The fraction of sp³-hybridized carbons (Fsp3) is 0. The second-order valence-corrected chi connectivity index (χ2v) is 5.88. The largest absolute Gasteiger partial charge is 0.506 e. The molecule has 102 valence electrons. The Morgan fingerprint density at radius 3 is 2.65 bits per heavy atom. The molecular weight excluding hydrogens is 302 g/mol. The highest BCUT2D eigenvalue weighted by atomic mass is 35.5. The molecule has 6 nitrogen and oxygen atoms in total. The van der Waals surface area contributed by atoms with Crippen LogP contribution in [0.25, 0.3) is 0 Å². The van der Waals surface area contributed by atoms with Crippen molar-refractivity contribution in [2.75, 3.05) is 4.72 Å². The number of aromatic nitrogens is 1. The molecule has 0 atom stereocenters. The number of phenols is 1. The van der Waals surface area contributed by atoms with E-state index in [-0.39, 0.29) is 27.0 Å². The molecule has 1 aromatic heterocycles. The molecular formula is C12H8ClN3O3S. The Balaban J connectivity index is 2.35. The van der Waals surface area contributed by atoms with Gasteiger partial charge in [-0.05, 0) is 30.3 Å². The van der Waals surface area contributed by atoms with Crippen molar-refractivity contribution >= 4 is 27.3 Å². The molecule has 1 heterocycles. The summed E-state index contributed by atoms with van der Waals surface area (Å²) in [7, 11) is -3.92. The zero-order valence-electron chi connectivity index (χ0n) is 9.91. The monoisotopic (exact) mass is 309 g/mol. The molecule has 0 amide bonds. The highest BCUT2D eigenvalue weighted by Crippen LogP contribution is 2.28. The Labute approximate surface area is 120 Å². The van der Waals surface area contributed by atoms with Gasteiger partial charge in [0.15, 0.2) is 0 Å². The molecule has 0 saturated carbocycles. The van der Waals surface area contributed by atoms with Gasteiger partial charge in [0, 0.05) is 11.2 Å². The van der Waals surface area contributed by atoms with Crippen molar-refractivity contribution < 1.29 is 13.5 Å². The molecule has 0 saturated heterocycles. The van der Waals surface area contributed by atoms with Gasteiger partial charge in [0.05, 0.1) is 5.69 Å². The number of aromatic hydroxyl groups is 1. The number of phenolic OH excluding ortho intramolecular Hbond substituents is 1. The lowest BCUT2D eigenvalue weighted by atomic mass is 10.3. The number of pyridine rings is 1. The second kappa shape index (κ2) is 5.36. The van der Waals surface area contributed by atoms with Gasteiger partial charge >= 0.3 is 0 Å². The molecule has 0 aliphatic carbocycles. The number of nitriles is 1. The summed E-state index contributed by atoms with van der Waals surface area (Å²) in [4.78, 5) is 3.55. The molecule has 0 aliphatic heterocycles. The van der Waals surface area contributed by atoms with Crippen molar-refractivity contribution in [1.29, 1.82) is 5.26 Å². The number of halogens is 1. The molecule has 0 aliphatic rings. The van der Waals surface area contributed by atoms with E-state index >= 15 is 0 Å². The van der Waals surface area contributed by atoms with Crippen molar-refractivity contribution in [3.8, 4) is 11.8 Å². The lowest BCUT2D eigenvalue weighted by Gasteiger charge is -2.09. The first kappa shape index (κ1) is 14.1. The average Bonchev–Trinajstić information content (AvgIpc) is 2.43. The van der Waals surface area contributed by atoms with Gasteiger partial charge in [0.2, 0.25) is 0 Å². The molecule has 0 fully saturated rings. The predicted molar refractivity (Wildman–Crippen MR) is 72.9 cm³/mol. The van der Waals surface area contributed by atoms with Gasteiger partial charge < -0.3 is 5.11 Å². The van der Waals surface area contributed by atoms with Crippen LogP contribution < -0.4 is 4.72 Å². The maximum absolute atomic E-state index is 12.1. The molecule has 2 N–H and O–H groups in total. The summed E-state index contributed by atoms with van der Waals surface area (Å²) < 4.78 is 26.3. The summed E-state index contributed by atoms with van der Waals surface area (Å²) in [6, 6.07) is 8.30. The number of rotatable bonds is 3. The Kier molecular flexibility index (Phi) is 3.79. The van der Waals surface area contributed by atoms with Gasteiger partial charge in [0.1, 0.15) is 22.4 Å². The minimum Gasteiger partial charge on any atom is -0.506 e. The fourth-order valence-corrected chi connectivity index (χ4v) is 2.58. The first-order valence-electron chi connectivity index (χ1n) is 5.30. The summed E-state index contributed by atoms with van der Waals surface area (Å²) in [5.41, 5.74) is 0.0661. The zero-order chi connectivity index (χ0) is 14.8. The van der Waals surface area contributed by atoms with Crippen LogP contribution in [0.1, 0.15) is 5.69 Å². The molecule has 2 aromatic rings. The molecule has 0 unspecified atom stereocenters. The highest BCUT2D eigenvalue weighted by Gasteiger charge is 2.16. The first-order chi connectivity index (χ1) is 9.42. The van der Waals surface area contributed by atoms with Gasteiger partial charge in [0.25, 0.3) is 10.0 Å². The zero-order valence-corrected chi connectivity index (χ0v) is 11.5. The second-order valence-electron chi connectivity index (χ2n) is 3.76. The molecule has 0 spiro atoms. The molecule has 0 bridgehead atoms. The van der Waals surface area contributed by atoms with E-state index in [9.17, 15) is 13.5 Å². The minimum absolute atomic E-state index is 0.0399. The van der Waals surface area contributed by atoms with Crippen LogP contribution in [0.15, 0.2) is 41.4 Å². The van der Waals surface area contributed by atoms with Crippen LogP contribution in [-0.4, -0.2) is 18.5 Å². The van der Waals surface area contributed by atoms with Crippen LogP contribution in [0, 0.1) is 11.3 Å². The third-order valence-electron chi connectivity index (χ3n) is 2.36. The van der Waals surface area contributed by atoms with E-state index in [0.717, 1.165) is 6.20 Å². The quantitative estimate of drug-likeness (QED) is 0.845. The van der Waals surface area contributed by atoms with E-state index in [0.29, 0.717) is 0 Å².